The summed E-state index contributed by atoms with van der Waals surface area (Å²) in [7, 11) is 0. The van der Waals surface area contributed by atoms with Crippen molar-refractivity contribution < 1.29 is 44.7 Å². The van der Waals surface area contributed by atoms with Crippen LogP contribution in [0, 0.1) is 0 Å². The van der Waals surface area contributed by atoms with E-state index in [1.807, 2.05) is 0 Å². The zero-order valence-electron chi connectivity index (χ0n) is 18.3. The van der Waals surface area contributed by atoms with Crippen molar-refractivity contribution in [2.75, 3.05) is 0 Å². The highest BCUT2D eigenvalue weighted by molar-refractivity contribution is 5.88. The van der Waals surface area contributed by atoms with E-state index in [2.05, 4.69) is 0 Å². The third kappa shape index (κ3) is 3.95. The van der Waals surface area contributed by atoms with Crippen LogP contribution >= 0.6 is 0 Å². The molecule has 4 atom stereocenters. The van der Waals surface area contributed by atoms with Crippen LogP contribution in [0.3, 0.4) is 0 Å². The smallest absolute Gasteiger partial charge is 0.332 e. The summed E-state index contributed by atoms with van der Waals surface area (Å²) < 4.78 is 116. The third-order valence-corrected chi connectivity index (χ3v) is 6.58. The van der Waals surface area contributed by atoms with Crippen LogP contribution in [0.5, 0.6) is 0 Å². The first-order chi connectivity index (χ1) is 14.4. The van der Waals surface area contributed by atoms with Crippen molar-refractivity contribution in [3.05, 3.63) is 0 Å². The molecule has 2 aliphatic heterocycles. The van der Waals surface area contributed by atoms with Gasteiger partial charge in [-0.25, -0.2) is 0 Å². The minimum Gasteiger partial charge on any atom is -0.332 e. The molecule has 12 heteroatoms. The molecule has 0 aliphatic carbocycles. The lowest BCUT2D eigenvalue weighted by molar-refractivity contribution is -0.351. The van der Waals surface area contributed by atoms with Crippen molar-refractivity contribution in [1.82, 2.24) is 9.80 Å². The lowest BCUT2D eigenvalue weighted by atomic mass is 9.91. The number of hydrogen-bond acceptors (Lipinski definition) is 2. The molecule has 2 saturated heterocycles. The van der Waals surface area contributed by atoms with E-state index < -0.39 is 59.7 Å². The normalized spacial score (nSPS) is 28.6. The molecule has 0 saturated carbocycles. The Kier molecular flexibility index (Phi) is 7.18. The summed E-state index contributed by atoms with van der Waals surface area (Å²) in [6.45, 7) is 5.10. The van der Waals surface area contributed by atoms with E-state index in [4.69, 9.17) is 0 Å². The molecule has 0 bridgehead atoms. The van der Waals surface area contributed by atoms with Crippen LogP contribution in [0.4, 0.5) is 35.1 Å². The number of amides is 2. The van der Waals surface area contributed by atoms with Crippen LogP contribution < -0.4 is 0 Å². The van der Waals surface area contributed by atoms with Gasteiger partial charge in [-0.2, -0.15) is 35.1 Å². The fourth-order valence-electron chi connectivity index (χ4n) is 4.63. The van der Waals surface area contributed by atoms with Crippen molar-refractivity contribution in [2.24, 2.45) is 0 Å². The van der Waals surface area contributed by atoms with Gasteiger partial charge in [0.2, 0.25) is 0 Å². The van der Waals surface area contributed by atoms with E-state index >= 15 is 0 Å². The van der Waals surface area contributed by atoms with Crippen LogP contribution in [-0.4, -0.2) is 69.5 Å². The Bertz CT molecular complexity index is 650. The number of halogens is 8. The standard InChI is InChI=1S/C20H28F8N2O2/c1-11-7-5-8-12(2)29(11)15(31)17(21,22)19(25,26)20(27,28)18(23,24)16(32)30-13(3)9-6-10-14(30)4/h11-14H,5-10H2,1-4H3/t11-,12-,13-,14+/m0/s1. The van der Waals surface area contributed by atoms with Crippen molar-refractivity contribution >= 4 is 11.8 Å². The van der Waals surface area contributed by atoms with Crippen LogP contribution in [-0.2, 0) is 9.59 Å². The lowest BCUT2D eigenvalue weighted by Crippen LogP contribution is -2.71. The van der Waals surface area contributed by atoms with Crippen molar-refractivity contribution in [2.45, 2.75) is 114 Å². The van der Waals surface area contributed by atoms with Gasteiger partial charge in [-0.05, 0) is 66.2 Å². The molecule has 2 fully saturated rings. The Balaban J connectivity index is 2.42. The summed E-state index contributed by atoms with van der Waals surface area (Å²) in [5.74, 6) is -31.3. The first-order valence-electron chi connectivity index (χ1n) is 10.6. The predicted octanol–water partition coefficient (Wildman–Crippen LogP) is 5.11. The summed E-state index contributed by atoms with van der Waals surface area (Å²) in [6.07, 6.45) is 1.62. The predicted molar refractivity (Wildman–Crippen MR) is 99.0 cm³/mol. The number of carbonyl (C=O) groups excluding carboxylic acids is 2. The fourth-order valence-corrected chi connectivity index (χ4v) is 4.63. The molecule has 32 heavy (non-hydrogen) atoms. The van der Waals surface area contributed by atoms with Gasteiger partial charge in [0.05, 0.1) is 0 Å². The summed E-state index contributed by atoms with van der Waals surface area (Å²) in [4.78, 5) is 25.2. The number of nitrogens with zero attached hydrogens (tertiary/aromatic N) is 2. The van der Waals surface area contributed by atoms with Gasteiger partial charge in [-0.15, -0.1) is 0 Å². The van der Waals surface area contributed by atoms with E-state index in [0.717, 1.165) is 0 Å². The molecule has 0 radical (unpaired) electrons. The highest BCUT2D eigenvalue weighted by Gasteiger charge is 2.85. The van der Waals surface area contributed by atoms with Crippen LogP contribution in [0.2, 0.25) is 0 Å². The number of likely N-dealkylation sites (tertiary alicyclic amines) is 2. The van der Waals surface area contributed by atoms with Crippen LogP contribution in [0.15, 0.2) is 0 Å². The third-order valence-electron chi connectivity index (χ3n) is 6.58. The lowest BCUT2D eigenvalue weighted by Gasteiger charge is -2.45. The molecule has 186 valence electrons. The fraction of sp³-hybridized carbons (Fsp3) is 0.900. The number of alkyl halides is 8. The van der Waals surface area contributed by atoms with Gasteiger partial charge in [0.15, 0.2) is 0 Å². The van der Waals surface area contributed by atoms with Gasteiger partial charge < -0.3 is 9.80 Å². The van der Waals surface area contributed by atoms with Gasteiger partial charge in [0.1, 0.15) is 0 Å². The zero-order valence-corrected chi connectivity index (χ0v) is 18.3. The van der Waals surface area contributed by atoms with Gasteiger partial charge in [-0.1, -0.05) is 0 Å². The molecular formula is C20H28F8N2O2. The first-order valence-corrected chi connectivity index (χ1v) is 10.6. The highest BCUT2D eigenvalue weighted by atomic mass is 19.4. The zero-order chi connectivity index (χ0) is 24.9. The quantitative estimate of drug-likeness (QED) is 0.514. The average molecular weight is 480 g/mol. The topological polar surface area (TPSA) is 40.6 Å². The molecule has 2 aliphatic rings. The highest BCUT2D eigenvalue weighted by Crippen LogP contribution is 2.54. The second-order valence-corrected chi connectivity index (χ2v) is 8.98. The van der Waals surface area contributed by atoms with Crippen molar-refractivity contribution in [3.8, 4) is 0 Å². The molecule has 2 amide bonds. The van der Waals surface area contributed by atoms with Crippen LogP contribution in [0.25, 0.3) is 0 Å². The monoisotopic (exact) mass is 480 g/mol. The van der Waals surface area contributed by atoms with E-state index in [1.54, 1.807) is 0 Å². The SMILES string of the molecule is C[C@@H]1CCC[C@H](C)N1C(=O)C(F)(F)C(F)(F)C(F)(F)C(F)(F)C(=O)N1[C@@H](C)CCC[C@@H]1C. The minimum absolute atomic E-state index is 0.160. The summed E-state index contributed by atoms with van der Waals surface area (Å²) >= 11 is 0. The molecule has 0 spiro atoms. The minimum atomic E-state index is -6.82. The van der Waals surface area contributed by atoms with Crippen LogP contribution in [0.1, 0.15) is 66.2 Å². The van der Waals surface area contributed by atoms with Gasteiger partial charge in [0.25, 0.3) is 11.8 Å². The molecule has 0 aromatic carbocycles. The molecule has 4 nitrogen and oxygen atoms in total. The number of hydrogen-bond donors (Lipinski definition) is 0. The van der Waals surface area contributed by atoms with Crippen molar-refractivity contribution in [3.63, 3.8) is 0 Å². The van der Waals surface area contributed by atoms with Gasteiger partial charge in [0, 0.05) is 24.2 Å². The Labute approximate surface area is 181 Å². The maximum Gasteiger partial charge on any atom is 0.393 e. The molecule has 2 rings (SSSR count). The molecule has 2 heterocycles. The maximum absolute atomic E-state index is 14.5. The number of carbonyl (C=O) groups is 2. The Morgan fingerprint density at radius 1 is 0.562 bits per heavy atom. The number of piperidine rings is 2. The number of rotatable bonds is 5. The van der Waals surface area contributed by atoms with E-state index in [9.17, 15) is 44.7 Å². The summed E-state index contributed by atoms with van der Waals surface area (Å²) in [5.41, 5.74) is 0. The summed E-state index contributed by atoms with van der Waals surface area (Å²) in [5, 5.41) is 0. The van der Waals surface area contributed by atoms with E-state index in [0.29, 0.717) is 22.6 Å². The Morgan fingerprint density at radius 3 is 1.00 bits per heavy atom. The van der Waals surface area contributed by atoms with Gasteiger partial charge in [-0.3, -0.25) is 9.59 Å². The van der Waals surface area contributed by atoms with Gasteiger partial charge >= 0.3 is 23.7 Å². The Morgan fingerprint density at radius 2 is 0.781 bits per heavy atom. The molecule has 0 aromatic heterocycles. The molecule has 0 aromatic rings. The largest absolute Gasteiger partial charge is 0.393 e. The average Bonchev–Trinajstić information content (AvgIpc) is 2.66. The molecule has 0 unspecified atom stereocenters. The second kappa shape index (κ2) is 8.62. The van der Waals surface area contributed by atoms with E-state index in [-0.39, 0.29) is 25.7 Å². The Hall–Kier alpha value is -1.62. The first kappa shape index (κ1) is 26.6. The van der Waals surface area contributed by atoms with Crippen molar-refractivity contribution in [1.29, 1.82) is 0 Å². The van der Waals surface area contributed by atoms with E-state index in [1.165, 1.54) is 27.7 Å². The molecule has 0 N–H and O–H groups in total. The second-order valence-electron chi connectivity index (χ2n) is 8.98. The summed E-state index contributed by atoms with van der Waals surface area (Å²) in [6, 6.07) is -3.89. The maximum atomic E-state index is 14.5. The molecular weight excluding hydrogens is 452 g/mol.